The number of halogens is 1. The highest BCUT2D eigenvalue weighted by molar-refractivity contribution is 6.10. The number of hydrogen-bond acceptors (Lipinski definition) is 5. The maximum atomic E-state index is 14.2. The fraction of sp³-hybridized carbons (Fsp3) is 0.375. The molecule has 0 saturated carbocycles. The summed E-state index contributed by atoms with van der Waals surface area (Å²) >= 11 is 0. The van der Waals surface area contributed by atoms with Gasteiger partial charge in [0.2, 0.25) is 11.8 Å². The fourth-order valence-electron chi connectivity index (χ4n) is 5.53. The Kier molecular flexibility index (Phi) is 4.97. The van der Waals surface area contributed by atoms with Gasteiger partial charge in [0, 0.05) is 23.0 Å². The molecule has 166 valence electrons. The number of hydrogen-bond donors (Lipinski definition) is 2. The van der Waals surface area contributed by atoms with Crippen LogP contribution in [0.15, 0.2) is 42.5 Å². The van der Waals surface area contributed by atoms with Crippen LogP contribution >= 0.6 is 0 Å². The summed E-state index contributed by atoms with van der Waals surface area (Å²) in [6, 6.07) is 10.8. The molecule has 3 aliphatic rings. The van der Waals surface area contributed by atoms with Crippen LogP contribution in [0.3, 0.4) is 0 Å². The van der Waals surface area contributed by atoms with Crippen molar-refractivity contribution >= 4 is 29.2 Å². The van der Waals surface area contributed by atoms with Crippen LogP contribution in [0, 0.1) is 11.7 Å². The summed E-state index contributed by atoms with van der Waals surface area (Å²) in [5.41, 5.74) is 0.781. The Morgan fingerprint density at radius 3 is 2.78 bits per heavy atom. The Morgan fingerprint density at radius 1 is 1.25 bits per heavy atom. The molecule has 3 atom stereocenters. The number of amides is 2. The van der Waals surface area contributed by atoms with E-state index in [1.54, 1.807) is 37.3 Å². The molecule has 5 rings (SSSR count). The number of ether oxygens (including phenoxy) is 1. The van der Waals surface area contributed by atoms with Crippen LogP contribution in [0.4, 0.5) is 15.8 Å². The van der Waals surface area contributed by atoms with Crippen molar-refractivity contribution in [1.29, 1.82) is 0 Å². The average molecular weight is 437 g/mol. The molecule has 7 nitrogen and oxygen atoms in total. The summed E-state index contributed by atoms with van der Waals surface area (Å²) in [5, 5.41) is 5.77. The summed E-state index contributed by atoms with van der Waals surface area (Å²) in [6.45, 7) is 2.70. The second-order valence-corrected chi connectivity index (χ2v) is 8.48. The molecule has 0 radical (unpaired) electrons. The second kappa shape index (κ2) is 7.70. The van der Waals surface area contributed by atoms with Crippen LogP contribution < -0.4 is 10.6 Å². The van der Waals surface area contributed by atoms with Crippen LogP contribution in [0.1, 0.15) is 42.1 Å². The Balaban J connectivity index is 1.47. The number of benzene rings is 2. The van der Waals surface area contributed by atoms with Crippen molar-refractivity contribution in [3.63, 3.8) is 0 Å². The summed E-state index contributed by atoms with van der Waals surface area (Å²) < 4.78 is 19.2. The Hall–Kier alpha value is -3.26. The van der Waals surface area contributed by atoms with Crippen molar-refractivity contribution in [2.24, 2.45) is 5.92 Å². The summed E-state index contributed by atoms with van der Waals surface area (Å²) in [6.07, 6.45) is 2.36. The number of esters is 1. The van der Waals surface area contributed by atoms with E-state index in [1.807, 2.05) is 0 Å². The number of carbonyl (C=O) groups excluding carboxylic acids is 3. The molecule has 3 heterocycles. The van der Waals surface area contributed by atoms with Crippen molar-refractivity contribution in [3.05, 3.63) is 59.4 Å². The zero-order chi connectivity index (χ0) is 22.5. The SMILES string of the molecule is CCOC(=O)c1ccc(NC(=O)[C@H]2C[C@@H]3CCCN3[C@]23C(=O)Nc2ccc(F)cc23)cc1. The molecule has 2 N–H and O–H groups in total. The lowest BCUT2D eigenvalue weighted by Crippen LogP contribution is -2.53. The van der Waals surface area contributed by atoms with Gasteiger partial charge in [-0.05, 0) is 75.2 Å². The number of fused-ring (bicyclic) bond motifs is 4. The van der Waals surface area contributed by atoms with Gasteiger partial charge in [-0.1, -0.05) is 0 Å². The van der Waals surface area contributed by atoms with Gasteiger partial charge < -0.3 is 15.4 Å². The predicted octanol–water partition coefficient (Wildman–Crippen LogP) is 3.27. The number of nitrogens with one attached hydrogen (secondary N) is 2. The van der Waals surface area contributed by atoms with Crippen LogP contribution in [0.5, 0.6) is 0 Å². The van der Waals surface area contributed by atoms with Crippen LogP contribution in [-0.2, 0) is 19.9 Å². The Bertz CT molecular complexity index is 1100. The lowest BCUT2D eigenvalue weighted by atomic mass is 9.78. The second-order valence-electron chi connectivity index (χ2n) is 8.48. The third-order valence-corrected chi connectivity index (χ3v) is 6.81. The molecular formula is C24H24FN3O4. The molecule has 0 aromatic heterocycles. The number of anilines is 2. The van der Waals surface area contributed by atoms with Gasteiger partial charge in [0.1, 0.15) is 11.4 Å². The first-order valence-corrected chi connectivity index (χ1v) is 10.9. The first-order valence-electron chi connectivity index (χ1n) is 10.9. The van der Waals surface area contributed by atoms with Gasteiger partial charge in [-0.15, -0.1) is 0 Å². The summed E-state index contributed by atoms with van der Waals surface area (Å²) in [5.74, 6) is -2.10. The molecule has 2 aromatic rings. The van der Waals surface area contributed by atoms with E-state index in [-0.39, 0.29) is 24.5 Å². The van der Waals surface area contributed by atoms with E-state index in [1.165, 1.54) is 12.1 Å². The van der Waals surface area contributed by atoms with Gasteiger partial charge in [-0.2, -0.15) is 0 Å². The predicted molar refractivity (Wildman–Crippen MR) is 116 cm³/mol. The molecule has 2 fully saturated rings. The molecule has 32 heavy (non-hydrogen) atoms. The van der Waals surface area contributed by atoms with Crippen molar-refractivity contribution in [3.8, 4) is 0 Å². The molecule has 2 saturated heterocycles. The van der Waals surface area contributed by atoms with E-state index in [4.69, 9.17) is 4.74 Å². The normalized spacial score (nSPS) is 26.0. The molecule has 3 aliphatic heterocycles. The highest BCUT2D eigenvalue weighted by atomic mass is 19.1. The monoisotopic (exact) mass is 437 g/mol. The molecule has 0 unspecified atom stereocenters. The number of carbonyl (C=O) groups is 3. The molecule has 0 aliphatic carbocycles. The van der Waals surface area contributed by atoms with Gasteiger partial charge in [-0.3, -0.25) is 14.5 Å². The van der Waals surface area contributed by atoms with E-state index in [0.717, 1.165) is 12.8 Å². The topological polar surface area (TPSA) is 87.7 Å². The molecule has 1 spiro atoms. The van der Waals surface area contributed by atoms with Crippen molar-refractivity contribution in [1.82, 2.24) is 4.90 Å². The largest absolute Gasteiger partial charge is 0.462 e. The Morgan fingerprint density at radius 2 is 2.03 bits per heavy atom. The standard InChI is InChI=1S/C24H24FN3O4/c1-2-32-22(30)14-5-8-16(9-6-14)26-21(29)19-13-17-4-3-11-28(17)24(19)18-12-15(25)7-10-20(18)27-23(24)31/h5-10,12,17,19H,2-4,11,13H2,1H3,(H,26,29)(H,27,31)/t17-,19+,24-/m0/s1. The van der Waals surface area contributed by atoms with E-state index >= 15 is 0 Å². The van der Waals surface area contributed by atoms with Gasteiger partial charge in [0.25, 0.3) is 0 Å². The van der Waals surface area contributed by atoms with Crippen LogP contribution in [-0.4, -0.2) is 41.9 Å². The molecule has 2 aromatic carbocycles. The smallest absolute Gasteiger partial charge is 0.338 e. The van der Waals surface area contributed by atoms with E-state index in [9.17, 15) is 18.8 Å². The highest BCUT2D eigenvalue weighted by Crippen LogP contribution is 2.55. The zero-order valence-electron chi connectivity index (χ0n) is 17.7. The zero-order valence-corrected chi connectivity index (χ0v) is 17.7. The minimum Gasteiger partial charge on any atom is -0.462 e. The van der Waals surface area contributed by atoms with Gasteiger partial charge in [0.15, 0.2) is 0 Å². The minimum atomic E-state index is -1.21. The first kappa shape index (κ1) is 20.6. The lowest BCUT2D eigenvalue weighted by Gasteiger charge is -2.36. The summed E-state index contributed by atoms with van der Waals surface area (Å²) in [4.78, 5) is 40.8. The number of rotatable bonds is 4. The number of nitrogens with zero attached hydrogens (tertiary/aromatic N) is 1. The van der Waals surface area contributed by atoms with E-state index in [2.05, 4.69) is 15.5 Å². The van der Waals surface area contributed by atoms with Gasteiger partial charge in [0.05, 0.1) is 18.1 Å². The fourth-order valence-corrected chi connectivity index (χ4v) is 5.53. The third-order valence-electron chi connectivity index (χ3n) is 6.81. The third kappa shape index (κ3) is 3.01. The van der Waals surface area contributed by atoms with E-state index < -0.39 is 23.2 Å². The Labute approximate surface area is 184 Å². The van der Waals surface area contributed by atoms with Crippen LogP contribution in [0.2, 0.25) is 0 Å². The maximum absolute atomic E-state index is 14.2. The van der Waals surface area contributed by atoms with E-state index in [0.29, 0.717) is 35.5 Å². The van der Waals surface area contributed by atoms with Crippen LogP contribution in [0.25, 0.3) is 0 Å². The minimum absolute atomic E-state index is 0.0944. The molecular weight excluding hydrogens is 413 g/mol. The van der Waals surface area contributed by atoms with Crippen molar-refractivity contribution < 1.29 is 23.5 Å². The molecule has 2 amide bonds. The van der Waals surface area contributed by atoms with Crippen molar-refractivity contribution in [2.45, 2.75) is 37.8 Å². The summed E-state index contributed by atoms with van der Waals surface area (Å²) in [7, 11) is 0. The molecule has 8 heteroatoms. The highest BCUT2D eigenvalue weighted by Gasteiger charge is 2.65. The first-order chi connectivity index (χ1) is 15.4. The van der Waals surface area contributed by atoms with Crippen molar-refractivity contribution in [2.75, 3.05) is 23.8 Å². The van der Waals surface area contributed by atoms with Gasteiger partial charge >= 0.3 is 5.97 Å². The van der Waals surface area contributed by atoms with Gasteiger partial charge in [-0.25, -0.2) is 9.18 Å². The lowest BCUT2D eigenvalue weighted by molar-refractivity contribution is -0.135. The average Bonchev–Trinajstić information content (AvgIpc) is 3.43. The quantitative estimate of drug-likeness (QED) is 0.717. The molecule has 0 bridgehead atoms. The maximum Gasteiger partial charge on any atom is 0.338 e.